The largest absolute Gasteiger partial charge is 0.478 e. The number of sulfonamides is 1. The van der Waals surface area contributed by atoms with Gasteiger partial charge >= 0.3 is 11.9 Å². The van der Waals surface area contributed by atoms with Crippen LogP contribution < -0.4 is 4.72 Å². The first kappa shape index (κ1) is 24.6. The van der Waals surface area contributed by atoms with Gasteiger partial charge < -0.3 is 14.8 Å². The zero-order valence-corrected chi connectivity index (χ0v) is 19.9. The summed E-state index contributed by atoms with van der Waals surface area (Å²) >= 11 is 12.4. The topological polar surface area (TPSA) is 126 Å². The fourth-order valence-corrected chi connectivity index (χ4v) is 4.42. The molecule has 1 heterocycles. The van der Waals surface area contributed by atoms with E-state index in [1.54, 1.807) is 13.0 Å². The first-order valence-electron chi connectivity index (χ1n) is 9.80. The average molecular weight is 511 g/mol. The normalized spacial score (nSPS) is 12.1. The van der Waals surface area contributed by atoms with E-state index < -0.39 is 22.0 Å². The number of ether oxygens (including phenoxy) is 1. The third-order valence-electron chi connectivity index (χ3n) is 4.68. The molecule has 11 heteroatoms. The SMILES string of the molecule is CCOC(=O)c1[nH]c2cc(Cl)cc(Cl)c2c1/C=C(\C(=O)O)c1cccc(NS(=O)(=O)CC)c1. The van der Waals surface area contributed by atoms with E-state index in [9.17, 15) is 23.1 Å². The predicted octanol–water partition coefficient (Wildman–Crippen LogP) is 5.04. The van der Waals surface area contributed by atoms with Gasteiger partial charge in [-0.3, -0.25) is 4.72 Å². The number of anilines is 1. The Bertz CT molecular complexity index is 1380. The number of H-pyrrole nitrogens is 1. The van der Waals surface area contributed by atoms with Gasteiger partial charge in [-0.05, 0) is 49.8 Å². The summed E-state index contributed by atoms with van der Waals surface area (Å²) in [5.74, 6) is -2.13. The lowest BCUT2D eigenvalue weighted by Gasteiger charge is -2.09. The van der Waals surface area contributed by atoms with Crippen molar-refractivity contribution in [1.29, 1.82) is 0 Å². The highest BCUT2D eigenvalue weighted by Gasteiger charge is 2.22. The smallest absolute Gasteiger partial charge is 0.355 e. The fraction of sp³-hybridized carbons (Fsp3) is 0.182. The molecule has 3 aromatic rings. The van der Waals surface area contributed by atoms with Gasteiger partial charge in [-0.25, -0.2) is 18.0 Å². The number of carbonyl (C=O) groups is 2. The van der Waals surface area contributed by atoms with Crippen molar-refractivity contribution in [3.8, 4) is 0 Å². The maximum Gasteiger partial charge on any atom is 0.355 e. The number of halogens is 2. The van der Waals surface area contributed by atoms with Crippen molar-refractivity contribution in [1.82, 2.24) is 4.98 Å². The van der Waals surface area contributed by atoms with Gasteiger partial charge in [0.05, 0.1) is 23.0 Å². The second-order valence-electron chi connectivity index (χ2n) is 6.89. The number of aromatic nitrogens is 1. The summed E-state index contributed by atoms with van der Waals surface area (Å²) in [6, 6.07) is 8.97. The number of benzene rings is 2. The molecule has 1 aromatic heterocycles. The lowest BCUT2D eigenvalue weighted by Crippen LogP contribution is -2.14. The summed E-state index contributed by atoms with van der Waals surface area (Å²) in [5.41, 5.74) is 0.879. The number of aromatic amines is 1. The van der Waals surface area contributed by atoms with Crippen molar-refractivity contribution < 1.29 is 27.9 Å². The molecule has 0 amide bonds. The van der Waals surface area contributed by atoms with Crippen molar-refractivity contribution in [2.24, 2.45) is 0 Å². The van der Waals surface area contributed by atoms with Crippen molar-refractivity contribution in [3.05, 3.63) is 63.3 Å². The van der Waals surface area contributed by atoms with Crippen LogP contribution in [0.15, 0.2) is 36.4 Å². The number of carboxylic acid groups (broad SMARTS) is 1. The quantitative estimate of drug-likeness (QED) is 0.288. The molecule has 0 spiro atoms. The molecule has 33 heavy (non-hydrogen) atoms. The second-order valence-corrected chi connectivity index (χ2v) is 9.75. The number of fused-ring (bicyclic) bond motifs is 1. The highest BCUT2D eigenvalue weighted by Crippen LogP contribution is 2.35. The van der Waals surface area contributed by atoms with Crippen LogP contribution in [-0.2, 0) is 19.6 Å². The predicted molar refractivity (Wildman–Crippen MR) is 129 cm³/mol. The molecule has 174 valence electrons. The minimum atomic E-state index is -3.56. The average Bonchev–Trinajstić information content (AvgIpc) is 3.10. The molecule has 0 radical (unpaired) electrons. The van der Waals surface area contributed by atoms with E-state index in [4.69, 9.17) is 27.9 Å². The van der Waals surface area contributed by atoms with Crippen LogP contribution in [0.3, 0.4) is 0 Å². The number of hydrogen-bond donors (Lipinski definition) is 3. The number of aliphatic carboxylic acids is 1. The summed E-state index contributed by atoms with van der Waals surface area (Å²) in [7, 11) is -3.56. The van der Waals surface area contributed by atoms with Gasteiger partial charge in [-0.15, -0.1) is 0 Å². The van der Waals surface area contributed by atoms with Gasteiger partial charge in [0.2, 0.25) is 10.0 Å². The summed E-state index contributed by atoms with van der Waals surface area (Å²) in [6.07, 6.45) is 1.29. The van der Waals surface area contributed by atoms with Gasteiger partial charge in [0.15, 0.2) is 0 Å². The number of hydrogen-bond acceptors (Lipinski definition) is 5. The van der Waals surface area contributed by atoms with Crippen LogP contribution >= 0.6 is 23.2 Å². The van der Waals surface area contributed by atoms with E-state index in [0.29, 0.717) is 15.9 Å². The molecule has 0 aliphatic rings. The molecule has 0 saturated carbocycles. The van der Waals surface area contributed by atoms with Crippen molar-refractivity contribution in [3.63, 3.8) is 0 Å². The zero-order chi connectivity index (χ0) is 24.3. The standard InChI is InChI=1S/C22H20Cl2N2O6S/c1-3-32-22(29)20-16(19-17(24)9-13(23)10-18(19)25-20)11-15(21(27)28)12-6-5-7-14(8-12)26-33(30,31)4-2/h5-11,25-26H,3-4H2,1-2H3,(H,27,28)/b15-11-. The Morgan fingerprint density at radius 1 is 1.18 bits per heavy atom. The number of carbonyl (C=O) groups excluding carboxylic acids is 1. The minimum Gasteiger partial charge on any atom is -0.478 e. The Morgan fingerprint density at radius 2 is 1.91 bits per heavy atom. The van der Waals surface area contributed by atoms with Crippen LogP contribution in [0.4, 0.5) is 5.69 Å². The monoisotopic (exact) mass is 510 g/mol. The lowest BCUT2D eigenvalue weighted by atomic mass is 10.0. The molecule has 0 unspecified atom stereocenters. The van der Waals surface area contributed by atoms with E-state index in [2.05, 4.69) is 9.71 Å². The Balaban J connectivity index is 2.24. The van der Waals surface area contributed by atoms with E-state index >= 15 is 0 Å². The Hall–Kier alpha value is -3.01. The Morgan fingerprint density at radius 3 is 2.55 bits per heavy atom. The zero-order valence-electron chi connectivity index (χ0n) is 17.6. The van der Waals surface area contributed by atoms with Gasteiger partial charge in [-0.2, -0.15) is 0 Å². The van der Waals surface area contributed by atoms with E-state index in [1.165, 1.54) is 43.3 Å². The second kappa shape index (κ2) is 9.86. The number of esters is 1. The summed E-state index contributed by atoms with van der Waals surface area (Å²) in [4.78, 5) is 27.7. The molecule has 0 bridgehead atoms. The maximum absolute atomic E-state index is 12.6. The molecule has 0 saturated heterocycles. The third kappa shape index (κ3) is 5.50. The minimum absolute atomic E-state index is 0.0117. The maximum atomic E-state index is 12.6. The highest BCUT2D eigenvalue weighted by molar-refractivity contribution is 7.92. The number of nitrogens with one attached hydrogen (secondary N) is 2. The van der Waals surface area contributed by atoms with Crippen LogP contribution in [0, 0.1) is 0 Å². The molecule has 0 aliphatic carbocycles. The number of rotatable bonds is 8. The van der Waals surface area contributed by atoms with Crippen LogP contribution in [0.2, 0.25) is 10.0 Å². The van der Waals surface area contributed by atoms with E-state index in [1.807, 2.05) is 0 Å². The van der Waals surface area contributed by atoms with E-state index in [0.717, 1.165) is 0 Å². The van der Waals surface area contributed by atoms with Gasteiger partial charge in [0, 0.05) is 27.2 Å². The van der Waals surface area contributed by atoms with Crippen molar-refractivity contribution in [2.75, 3.05) is 17.1 Å². The Kier molecular flexibility index (Phi) is 7.36. The first-order valence-corrected chi connectivity index (χ1v) is 12.2. The third-order valence-corrected chi connectivity index (χ3v) is 6.50. The van der Waals surface area contributed by atoms with Crippen LogP contribution in [0.25, 0.3) is 22.6 Å². The highest BCUT2D eigenvalue weighted by atomic mass is 35.5. The van der Waals surface area contributed by atoms with Gasteiger partial charge in [0.1, 0.15) is 5.69 Å². The first-order chi connectivity index (χ1) is 15.6. The summed E-state index contributed by atoms with van der Waals surface area (Å²) < 4.78 is 31.3. The molecule has 0 atom stereocenters. The molecule has 0 fully saturated rings. The van der Waals surface area contributed by atoms with Crippen molar-refractivity contribution >= 4 is 73.4 Å². The van der Waals surface area contributed by atoms with Crippen molar-refractivity contribution in [2.45, 2.75) is 13.8 Å². The molecule has 3 rings (SSSR count). The molecule has 8 nitrogen and oxygen atoms in total. The molecular formula is C22H20Cl2N2O6S. The van der Waals surface area contributed by atoms with Crippen LogP contribution in [-0.4, -0.2) is 42.8 Å². The van der Waals surface area contributed by atoms with E-state index in [-0.39, 0.29) is 45.5 Å². The van der Waals surface area contributed by atoms with Gasteiger partial charge in [0.25, 0.3) is 0 Å². The molecule has 0 aliphatic heterocycles. The van der Waals surface area contributed by atoms with Crippen LogP contribution in [0.5, 0.6) is 0 Å². The summed E-state index contributed by atoms with van der Waals surface area (Å²) in [6.45, 7) is 3.24. The summed E-state index contributed by atoms with van der Waals surface area (Å²) in [5, 5.41) is 10.9. The molecular weight excluding hydrogens is 491 g/mol. The number of carboxylic acids is 1. The van der Waals surface area contributed by atoms with Crippen LogP contribution in [0.1, 0.15) is 35.5 Å². The molecule has 2 aromatic carbocycles. The lowest BCUT2D eigenvalue weighted by molar-refractivity contribution is -0.130. The molecule has 3 N–H and O–H groups in total. The Labute approximate surface area is 200 Å². The van der Waals surface area contributed by atoms with Gasteiger partial charge in [-0.1, -0.05) is 35.3 Å². The fourth-order valence-electron chi connectivity index (χ4n) is 3.20.